The molecule has 0 radical (unpaired) electrons. The van der Waals surface area contributed by atoms with Gasteiger partial charge in [0, 0.05) is 37.0 Å². The van der Waals surface area contributed by atoms with Crippen LogP contribution in [0.25, 0.3) is 21.8 Å². The number of piperidine rings is 2. The lowest BCUT2D eigenvalue weighted by Gasteiger charge is -2.35. The van der Waals surface area contributed by atoms with Crippen LogP contribution in [0.5, 0.6) is 11.5 Å². The average Bonchev–Trinajstić information content (AvgIpc) is 3.70. The van der Waals surface area contributed by atoms with Gasteiger partial charge in [0.1, 0.15) is 11.5 Å². The van der Waals surface area contributed by atoms with Crippen molar-refractivity contribution in [3.63, 3.8) is 0 Å². The molecule has 2 aliphatic heterocycles. The first kappa shape index (κ1) is 29.0. The van der Waals surface area contributed by atoms with E-state index >= 15 is 0 Å². The monoisotopic (exact) mass is 604 g/mol. The fraction of sp³-hybridized carbons (Fsp3) is 0.526. The van der Waals surface area contributed by atoms with Crippen molar-refractivity contribution in [3.8, 4) is 11.5 Å². The van der Waals surface area contributed by atoms with E-state index in [9.17, 15) is 0 Å². The van der Waals surface area contributed by atoms with E-state index in [0.29, 0.717) is 12.1 Å². The van der Waals surface area contributed by atoms with Gasteiger partial charge in [-0.3, -0.25) is 9.36 Å². The zero-order valence-electron chi connectivity index (χ0n) is 26.6. The topological polar surface area (TPSA) is 51.4 Å². The van der Waals surface area contributed by atoms with Crippen LogP contribution in [0.4, 0.5) is 0 Å². The summed E-state index contributed by atoms with van der Waals surface area (Å²) in [7, 11) is 0. The summed E-state index contributed by atoms with van der Waals surface area (Å²) in [6.45, 7) is 7.07. The predicted octanol–water partition coefficient (Wildman–Crippen LogP) is 8.16. The van der Waals surface area contributed by atoms with E-state index in [-0.39, 0.29) is 0 Å². The number of nitrogens with zero attached hydrogens (tertiary/aromatic N) is 6. The Morgan fingerprint density at radius 2 is 1.13 bits per heavy atom. The minimum atomic E-state index is 0.432. The van der Waals surface area contributed by atoms with Crippen molar-refractivity contribution in [2.45, 2.75) is 76.3 Å². The second-order valence-corrected chi connectivity index (χ2v) is 14.1. The molecule has 0 amide bonds. The maximum absolute atomic E-state index is 6.41. The van der Waals surface area contributed by atoms with Crippen LogP contribution in [0, 0.1) is 11.8 Å². The lowest BCUT2D eigenvalue weighted by molar-refractivity contribution is 0.147. The van der Waals surface area contributed by atoms with Gasteiger partial charge in [0.25, 0.3) is 0 Å². The summed E-state index contributed by atoms with van der Waals surface area (Å²) in [5.41, 5.74) is 2.40. The molecule has 4 aromatic rings. The van der Waals surface area contributed by atoms with Crippen LogP contribution in [0.1, 0.15) is 76.3 Å². The van der Waals surface area contributed by atoms with Crippen molar-refractivity contribution >= 4 is 21.8 Å². The molecule has 2 fully saturated rings. The molecule has 0 N–H and O–H groups in total. The number of fused-ring (bicyclic) bond motifs is 2. The summed E-state index contributed by atoms with van der Waals surface area (Å²) in [6.07, 6.45) is 26.0. The summed E-state index contributed by atoms with van der Waals surface area (Å²) >= 11 is 0. The van der Waals surface area contributed by atoms with Crippen LogP contribution >= 0.6 is 0 Å². The molecule has 4 heterocycles. The molecule has 7 nitrogen and oxygen atoms in total. The third kappa shape index (κ3) is 6.48. The van der Waals surface area contributed by atoms with Crippen molar-refractivity contribution in [2.24, 2.45) is 11.8 Å². The van der Waals surface area contributed by atoms with Crippen molar-refractivity contribution in [2.75, 3.05) is 39.3 Å². The summed E-state index contributed by atoms with van der Waals surface area (Å²) in [6, 6.07) is 13.7. The fourth-order valence-electron chi connectivity index (χ4n) is 8.48. The molecule has 4 aliphatic rings. The van der Waals surface area contributed by atoms with Crippen molar-refractivity contribution in [1.29, 1.82) is 0 Å². The first-order chi connectivity index (χ1) is 22.2. The first-order valence-electron chi connectivity index (χ1n) is 17.6. The molecule has 2 aliphatic carbocycles. The van der Waals surface area contributed by atoms with E-state index < -0.39 is 0 Å². The van der Waals surface area contributed by atoms with Crippen LogP contribution < -0.4 is 4.74 Å². The van der Waals surface area contributed by atoms with Gasteiger partial charge < -0.3 is 14.5 Å². The van der Waals surface area contributed by atoms with E-state index in [1.807, 2.05) is 12.4 Å². The summed E-state index contributed by atoms with van der Waals surface area (Å²) < 4.78 is 10.9. The Balaban J connectivity index is 0.924. The molecule has 4 unspecified atom stereocenters. The number of aromatic nitrogens is 4. The van der Waals surface area contributed by atoms with E-state index in [0.717, 1.165) is 47.2 Å². The summed E-state index contributed by atoms with van der Waals surface area (Å²) in [5, 5.41) is 12.0. The molecule has 45 heavy (non-hydrogen) atoms. The normalized spacial score (nSPS) is 26.6. The number of allylic oxidation sites excluding steroid dienone is 4. The molecule has 2 aromatic carbocycles. The molecule has 2 aromatic heterocycles. The number of rotatable bonds is 8. The van der Waals surface area contributed by atoms with Crippen LogP contribution in [-0.4, -0.2) is 68.6 Å². The maximum Gasteiger partial charge on any atom is 0.128 e. The Morgan fingerprint density at radius 3 is 1.60 bits per heavy atom. The summed E-state index contributed by atoms with van der Waals surface area (Å²) in [4.78, 5) is 5.36. The zero-order chi connectivity index (χ0) is 30.0. The van der Waals surface area contributed by atoms with Crippen LogP contribution in [0.2, 0.25) is 0 Å². The molecule has 236 valence electrons. The van der Waals surface area contributed by atoms with Crippen LogP contribution in [0.15, 0.2) is 73.1 Å². The Hall–Kier alpha value is -3.42. The fourth-order valence-corrected chi connectivity index (χ4v) is 8.48. The smallest absolute Gasteiger partial charge is 0.128 e. The number of ether oxygens (including phenoxy) is 1. The van der Waals surface area contributed by atoms with Crippen LogP contribution in [0.3, 0.4) is 0 Å². The lowest BCUT2D eigenvalue weighted by atomic mass is 9.93. The van der Waals surface area contributed by atoms with Crippen molar-refractivity contribution in [3.05, 3.63) is 73.1 Å². The van der Waals surface area contributed by atoms with Crippen molar-refractivity contribution < 1.29 is 4.74 Å². The second kappa shape index (κ2) is 13.1. The molecular formula is C38H48N6O. The van der Waals surface area contributed by atoms with Gasteiger partial charge >= 0.3 is 0 Å². The quantitative estimate of drug-likeness (QED) is 0.190. The number of hydrogen-bond donors (Lipinski definition) is 0. The van der Waals surface area contributed by atoms with Gasteiger partial charge in [0.05, 0.1) is 35.5 Å². The maximum atomic E-state index is 6.41. The highest BCUT2D eigenvalue weighted by molar-refractivity contribution is 5.82. The van der Waals surface area contributed by atoms with Crippen molar-refractivity contribution in [1.82, 2.24) is 29.4 Å². The van der Waals surface area contributed by atoms with Gasteiger partial charge in [-0.15, -0.1) is 0 Å². The minimum Gasteiger partial charge on any atom is -0.457 e. The molecule has 8 rings (SSSR count). The Labute approximate surface area is 267 Å². The van der Waals surface area contributed by atoms with Gasteiger partial charge in [-0.2, -0.15) is 10.2 Å². The van der Waals surface area contributed by atoms with Gasteiger partial charge in [0.2, 0.25) is 0 Å². The number of hydrogen-bond acceptors (Lipinski definition) is 5. The molecular weight excluding hydrogens is 556 g/mol. The molecule has 4 atom stereocenters. The van der Waals surface area contributed by atoms with Crippen LogP contribution in [-0.2, 0) is 0 Å². The van der Waals surface area contributed by atoms with Gasteiger partial charge in [0.15, 0.2) is 0 Å². The highest BCUT2D eigenvalue weighted by Crippen LogP contribution is 2.33. The highest BCUT2D eigenvalue weighted by atomic mass is 16.5. The molecule has 0 saturated carbocycles. The van der Waals surface area contributed by atoms with E-state index in [2.05, 4.69) is 79.9 Å². The van der Waals surface area contributed by atoms with Gasteiger partial charge in [-0.1, -0.05) is 24.3 Å². The Morgan fingerprint density at radius 1 is 0.622 bits per heavy atom. The largest absolute Gasteiger partial charge is 0.457 e. The number of likely N-dealkylation sites (tertiary alicyclic amines) is 2. The van der Waals surface area contributed by atoms with Gasteiger partial charge in [-0.25, -0.2) is 0 Å². The van der Waals surface area contributed by atoms with E-state index in [4.69, 9.17) is 14.9 Å². The number of benzene rings is 2. The summed E-state index contributed by atoms with van der Waals surface area (Å²) in [5.74, 6) is 3.32. The third-order valence-corrected chi connectivity index (χ3v) is 10.8. The Kier molecular flexibility index (Phi) is 8.47. The minimum absolute atomic E-state index is 0.432. The molecule has 0 bridgehead atoms. The molecule has 7 heteroatoms. The van der Waals surface area contributed by atoms with Gasteiger partial charge in [-0.05, 0) is 126 Å². The highest BCUT2D eigenvalue weighted by Gasteiger charge is 2.27. The average molecular weight is 605 g/mol. The molecule has 2 saturated heterocycles. The second-order valence-electron chi connectivity index (χ2n) is 14.1. The molecule has 0 spiro atoms. The SMILES string of the molecule is C1=CCC(CN2CCCC(n3ncc4cc(Oc5ccc6c(cnn6C6CCCN(CC7CC=CCC7)C6)c5)ccc43)C2)CC1. The predicted molar refractivity (Wildman–Crippen MR) is 182 cm³/mol. The first-order valence-corrected chi connectivity index (χ1v) is 17.6. The third-order valence-electron chi connectivity index (χ3n) is 10.8. The van der Waals surface area contributed by atoms with E-state index in [1.54, 1.807) is 0 Å². The standard InChI is InChI=1S/C38H48N6O/c1-3-9-29(10-4-1)25-41-19-7-13-33(27-41)43-37-17-15-35(21-31(37)23-39-43)45-36-16-18-38-32(22-36)24-40-44(38)34-14-8-20-42(28-34)26-30-11-5-2-6-12-30/h1-3,5,15-18,21-24,29-30,33-34H,4,6-14,19-20,25-28H2. The Bertz CT molecular complexity index is 1550. The lowest BCUT2D eigenvalue weighted by Crippen LogP contribution is -2.39. The van der Waals surface area contributed by atoms with E-state index in [1.165, 1.54) is 101 Å². The zero-order valence-corrected chi connectivity index (χ0v) is 26.6.